The van der Waals surface area contributed by atoms with E-state index < -0.39 is 11.6 Å². The maximum absolute atomic E-state index is 13.7. The van der Waals surface area contributed by atoms with Gasteiger partial charge in [-0.1, -0.05) is 6.07 Å². The van der Waals surface area contributed by atoms with Gasteiger partial charge in [0.25, 0.3) is 0 Å². The fourth-order valence-corrected chi connectivity index (χ4v) is 2.17. The molecule has 0 bridgehead atoms. The number of aryl methyl sites for hydroxylation is 2. The third kappa shape index (κ3) is 3.48. The van der Waals surface area contributed by atoms with Crippen LogP contribution in [0.15, 0.2) is 36.8 Å². The Balaban J connectivity index is 1.76. The van der Waals surface area contributed by atoms with E-state index in [9.17, 15) is 8.78 Å². The molecule has 0 aliphatic rings. The molecule has 0 amide bonds. The van der Waals surface area contributed by atoms with Crippen LogP contribution in [0.25, 0.3) is 0 Å². The first-order valence-corrected chi connectivity index (χ1v) is 7.29. The first-order chi connectivity index (χ1) is 11.5. The number of benzene rings is 1. The number of hydrogen-bond donors (Lipinski definition) is 2. The molecule has 124 valence electrons. The molecule has 0 saturated heterocycles. The van der Waals surface area contributed by atoms with Gasteiger partial charge in [0.15, 0.2) is 0 Å². The minimum atomic E-state index is -0.595. The van der Waals surface area contributed by atoms with Gasteiger partial charge in [0, 0.05) is 37.1 Å². The van der Waals surface area contributed by atoms with Gasteiger partial charge in [-0.15, -0.1) is 0 Å². The number of nitrogens with zero attached hydrogens (tertiary/aromatic N) is 4. The summed E-state index contributed by atoms with van der Waals surface area (Å²) >= 11 is 0. The lowest BCUT2D eigenvalue weighted by Gasteiger charge is -2.11. The molecule has 0 atom stereocenters. The summed E-state index contributed by atoms with van der Waals surface area (Å²) < 4.78 is 29.0. The van der Waals surface area contributed by atoms with Gasteiger partial charge >= 0.3 is 0 Å². The van der Waals surface area contributed by atoms with E-state index in [1.807, 2.05) is 6.92 Å². The van der Waals surface area contributed by atoms with Crippen molar-refractivity contribution in [1.29, 1.82) is 0 Å². The summed E-state index contributed by atoms with van der Waals surface area (Å²) in [4.78, 5) is 8.52. The van der Waals surface area contributed by atoms with Gasteiger partial charge in [-0.2, -0.15) is 10.1 Å². The number of hydrogen-bond acceptors (Lipinski definition) is 5. The summed E-state index contributed by atoms with van der Waals surface area (Å²) in [7, 11) is 1.80. The summed E-state index contributed by atoms with van der Waals surface area (Å²) in [5.74, 6) is -0.324. The van der Waals surface area contributed by atoms with Crippen molar-refractivity contribution in [1.82, 2.24) is 19.7 Å². The van der Waals surface area contributed by atoms with E-state index >= 15 is 0 Å². The average Bonchev–Trinajstić information content (AvgIpc) is 2.95. The molecule has 2 heterocycles. The second-order valence-electron chi connectivity index (χ2n) is 5.31. The van der Waals surface area contributed by atoms with Gasteiger partial charge in [-0.3, -0.25) is 4.68 Å². The molecule has 0 unspecified atom stereocenters. The normalized spacial score (nSPS) is 10.7. The number of halogens is 2. The van der Waals surface area contributed by atoms with Crippen LogP contribution in [0, 0.1) is 18.6 Å². The third-order valence-corrected chi connectivity index (χ3v) is 3.43. The molecule has 0 spiro atoms. The summed E-state index contributed by atoms with van der Waals surface area (Å²) in [5.41, 5.74) is 1.48. The molecule has 0 aliphatic heterocycles. The largest absolute Gasteiger partial charge is 0.365 e. The maximum atomic E-state index is 13.7. The summed E-state index contributed by atoms with van der Waals surface area (Å²) in [5, 5.41) is 10.0. The van der Waals surface area contributed by atoms with Crippen molar-refractivity contribution in [2.45, 2.75) is 13.5 Å². The highest BCUT2D eigenvalue weighted by Crippen LogP contribution is 2.19. The van der Waals surface area contributed by atoms with Crippen LogP contribution in [0.3, 0.4) is 0 Å². The lowest BCUT2D eigenvalue weighted by molar-refractivity contribution is 0.560. The minimum Gasteiger partial charge on any atom is -0.365 e. The second-order valence-corrected chi connectivity index (χ2v) is 5.31. The summed E-state index contributed by atoms with van der Waals surface area (Å²) in [6, 6.07) is 3.78. The van der Waals surface area contributed by atoms with Crippen LogP contribution >= 0.6 is 0 Å². The average molecular weight is 330 g/mol. The van der Waals surface area contributed by atoms with E-state index in [1.54, 1.807) is 30.3 Å². The van der Waals surface area contributed by atoms with Gasteiger partial charge in [0.1, 0.15) is 17.5 Å². The first kappa shape index (κ1) is 15.9. The third-order valence-electron chi connectivity index (χ3n) is 3.43. The molecule has 6 nitrogen and oxygen atoms in total. The highest BCUT2D eigenvalue weighted by Gasteiger charge is 2.10. The van der Waals surface area contributed by atoms with Crippen LogP contribution in [0.4, 0.5) is 26.2 Å². The molecular weight excluding hydrogens is 314 g/mol. The fraction of sp³-hybridized carbons (Fsp3) is 0.188. The Morgan fingerprint density at radius 2 is 1.92 bits per heavy atom. The first-order valence-electron chi connectivity index (χ1n) is 7.29. The number of rotatable bonds is 5. The van der Waals surface area contributed by atoms with Gasteiger partial charge in [-0.25, -0.2) is 13.8 Å². The number of nitrogens with one attached hydrogen (secondary N) is 2. The Labute approximate surface area is 137 Å². The molecule has 0 aliphatic carbocycles. The van der Waals surface area contributed by atoms with Crippen molar-refractivity contribution >= 4 is 17.5 Å². The summed E-state index contributed by atoms with van der Waals surface area (Å²) in [6.07, 6.45) is 5.06. The SMILES string of the molecule is Cc1cnc(Nc2cnn(C)c2)nc1NCc1c(F)cccc1F. The lowest BCUT2D eigenvalue weighted by Crippen LogP contribution is -2.08. The summed E-state index contributed by atoms with van der Waals surface area (Å²) in [6.45, 7) is 1.80. The highest BCUT2D eigenvalue weighted by atomic mass is 19.1. The molecule has 0 saturated carbocycles. The van der Waals surface area contributed by atoms with E-state index in [-0.39, 0.29) is 12.1 Å². The standard InChI is InChI=1S/C16H16F2N6/c1-10-6-20-16(22-11-7-21-24(2)9-11)23-15(10)19-8-12-13(17)4-3-5-14(12)18/h3-7,9H,8H2,1-2H3,(H2,19,20,22,23). The van der Waals surface area contributed by atoms with Gasteiger partial charge in [0.05, 0.1) is 11.9 Å². The molecule has 8 heteroatoms. The number of aromatic nitrogens is 4. The van der Waals surface area contributed by atoms with Crippen LogP contribution in [0.2, 0.25) is 0 Å². The van der Waals surface area contributed by atoms with Crippen LogP contribution in [-0.4, -0.2) is 19.7 Å². The second kappa shape index (κ2) is 6.61. The van der Waals surface area contributed by atoms with Gasteiger partial charge in [-0.05, 0) is 19.1 Å². The van der Waals surface area contributed by atoms with Crippen molar-refractivity contribution in [3.05, 3.63) is 59.6 Å². The molecule has 0 fully saturated rings. The minimum absolute atomic E-state index is 0.0112. The van der Waals surface area contributed by atoms with E-state index in [0.29, 0.717) is 11.8 Å². The zero-order valence-corrected chi connectivity index (χ0v) is 13.2. The van der Waals surface area contributed by atoms with Crippen molar-refractivity contribution in [3.63, 3.8) is 0 Å². The Kier molecular flexibility index (Phi) is 4.37. The maximum Gasteiger partial charge on any atom is 0.229 e. The van der Waals surface area contributed by atoms with Crippen molar-refractivity contribution in [3.8, 4) is 0 Å². The zero-order chi connectivity index (χ0) is 17.1. The zero-order valence-electron chi connectivity index (χ0n) is 13.2. The van der Waals surface area contributed by atoms with Gasteiger partial charge < -0.3 is 10.6 Å². The van der Waals surface area contributed by atoms with Crippen LogP contribution in [-0.2, 0) is 13.6 Å². The van der Waals surface area contributed by atoms with Crippen molar-refractivity contribution < 1.29 is 8.78 Å². The molecule has 24 heavy (non-hydrogen) atoms. The predicted octanol–water partition coefficient (Wildman–Crippen LogP) is 3.15. The molecule has 2 N–H and O–H groups in total. The smallest absolute Gasteiger partial charge is 0.229 e. The van der Waals surface area contributed by atoms with Crippen LogP contribution < -0.4 is 10.6 Å². The van der Waals surface area contributed by atoms with Crippen molar-refractivity contribution in [2.24, 2.45) is 7.05 Å². The molecular formula is C16H16F2N6. The fourth-order valence-electron chi connectivity index (χ4n) is 2.17. The molecule has 1 aromatic carbocycles. The van der Waals surface area contributed by atoms with E-state index in [4.69, 9.17) is 0 Å². The van der Waals surface area contributed by atoms with Crippen molar-refractivity contribution in [2.75, 3.05) is 10.6 Å². The Hall–Kier alpha value is -3.03. The van der Waals surface area contributed by atoms with Crippen LogP contribution in [0.1, 0.15) is 11.1 Å². The quantitative estimate of drug-likeness (QED) is 0.752. The number of anilines is 3. The van der Waals surface area contributed by atoms with Crippen LogP contribution in [0.5, 0.6) is 0 Å². The van der Waals surface area contributed by atoms with E-state index in [0.717, 1.165) is 11.3 Å². The molecule has 3 aromatic rings. The van der Waals surface area contributed by atoms with E-state index in [2.05, 4.69) is 25.7 Å². The Morgan fingerprint density at radius 1 is 1.17 bits per heavy atom. The van der Waals surface area contributed by atoms with E-state index in [1.165, 1.54) is 18.2 Å². The topological polar surface area (TPSA) is 67.7 Å². The predicted molar refractivity (Wildman–Crippen MR) is 86.9 cm³/mol. The molecule has 0 radical (unpaired) electrons. The highest BCUT2D eigenvalue weighted by molar-refractivity contribution is 5.54. The Bertz CT molecular complexity index is 841. The molecule has 3 rings (SSSR count). The molecule has 2 aromatic heterocycles. The monoisotopic (exact) mass is 330 g/mol. The van der Waals surface area contributed by atoms with Gasteiger partial charge in [0.2, 0.25) is 5.95 Å². The Morgan fingerprint density at radius 3 is 2.58 bits per heavy atom. The lowest BCUT2D eigenvalue weighted by atomic mass is 10.2.